The molecule has 0 radical (unpaired) electrons. The van der Waals surface area contributed by atoms with Gasteiger partial charge in [-0.1, -0.05) is 0 Å². The second-order valence-electron chi connectivity index (χ2n) is 3.70. The number of ether oxygens (including phenoxy) is 1. The summed E-state index contributed by atoms with van der Waals surface area (Å²) in [6.45, 7) is 1.24. The van der Waals surface area contributed by atoms with Gasteiger partial charge in [-0.25, -0.2) is 4.98 Å². The number of carbonyl (C=O) groups is 2. The summed E-state index contributed by atoms with van der Waals surface area (Å²) >= 11 is 0. The number of H-pyrrole nitrogens is 1. The molecular formula is C11H11N3O5. The lowest BCUT2D eigenvalue weighted by Crippen LogP contribution is -2.31. The fraction of sp³-hybridized carbons (Fsp3) is 0.273. The van der Waals surface area contributed by atoms with Crippen molar-refractivity contribution in [3.63, 3.8) is 0 Å². The molecule has 0 aliphatic rings. The van der Waals surface area contributed by atoms with Crippen molar-refractivity contribution in [3.05, 3.63) is 28.0 Å². The number of aromatic nitrogens is 2. The Balaban J connectivity index is 2.39. The van der Waals surface area contributed by atoms with Crippen LogP contribution >= 0.6 is 0 Å². The number of aromatic amines is 1. The van der Waals surface area contributed by atoms with Crippen molar-refractivity contribution in [1.82, 2.24) is 15.3 Å². The number of esters is 1. The van der Waals surface area contributed by atoms with Gasteiger partial charge in [-0.3, -0.25) is 14.4 Å². The highest BCUT2D eigenvalue weighted by atomic mass is 16.5. The number of fused-ring (bicyclic) bond motifs is 1. The Morgan fingerprint density at radius 3 is 2.95 bits per heavy atom. The summed E-state index contributed by atoms with van der Waals surface area (Å²) < 4.78 is 9.63. The molecular weight excluding hydrogens is 254 g/mol. The Labute approximate surface area is 106 Å². The van der Waals surface area contributed by atoms with E-state index >= 15 is 0 Å². The molecule has 8 heteroatoms. The maximum Gasteiger partial charge on any atom is 0.325 e. The topological polar surface area (TPSA) is 114 Å². The molecule has 0 saturated heterocycles. The van der Waals surface area contributed by atoms with E-state index in [9.17, 15) is 14.4 Å². The lowest BCUT2D eigenvalue weighted by atomic mass is 10.2. The smallest absolute Gasteiger partial charge is 0.325 e. The first kappa shape index (κ1) is 12.8. The van der Waals surface area contributed by atoms with Crippen LogP contribution < -0.4 is 10.9 Å². The lowest BCUT2D eigenvalue weighted by molar-refractivity contribution is -0.139. The number of nitrogens with one attached hydrogen (secondary N) is 2. The number of amides is 1. The molecule has 19 heavy (non-hydrogen) atoms. The van der Waals surface area contributed by atoms with Crippen molar-refractivity contribution in [2.75, 3.05) is 13.7 Å². The van der Waals surface area contributed by atoms with Gasteiger partial charge in [0.15, 0.2) is 0 Å². The third kappa shape index (κ3) is 2.32. The fourth-order valence-corrected chi connectivity index (χ4v) is 1.64. The average molecular weight is 265 g/mol. The average Bonchev–Trinajstić information content (AvgIpc) is 2.73. The van der Waals surface area contributed by atoms with Crippen LogP contribution in [0, 0.1) is 6.92 Å². The van der Waals surface area contributed by atoms with Crippen molar-refractivity contribution < 1.29 is 18.7 Å². The number of rotatable bonds is 3. The first-order chi connectivity index (χ1) is 9.04. The fourth-order valence-electron chi connectivity index (χ4n) is 1.64. The minimum Gasteiger partial charge on any atom is -0.468 e. The first-order valence-electron chi connectivity index (χ1n) is 5.36. The van der Waals surface area contributed by atoms with E-state index in [1.807, 2.05) is 0 Å². The van der Waals surface area contributed by atoms with Crippen LogP contribution in [-0.2, 0) is 9.53 Å². The van der Waals surface area contributed by atoms with Gasteiger partial charge in [0, 0.05) is 0 Å². The molecule has 2 N–H and O–H groups in total. The van der Waals surface area contributed by atoms with Crippen molar-refractivity contribution >= 4 is 23.0 Å². The quantitative estimate of drug-likeness (QED) is 0.738. The standard InChI is InChI=1S/C11H11N3O5/c1-5-7(9(16)12-3-6(15)18-2)8-10(17)13-4-14-11(8)19-5/h4H,3H2,1-2H3,(H,12,16)(H,13,14,17). The highest BCUT2D eigenvalue weighted by Gasteiger charge is 2.21. The van der Waals surface area contributed by atoms with Crippen LogP contribution in [0.25, 0.3) is 11.1 Å². The molecule has 2 heterocycles. The number of hydrogen-bond acceptors (Lipinski definition) is 6. The number of furan rings is 1. The summed E-state index contributed by atoms with van der Waals surface area (Å²) in [5, 5.41) is 2.40. The van der Waals surface area contributed by atoms with Crippen molar-refractivity contribution in [2.24, 2.45) is 0 Å². The van der Waals surface area contributed by atoms with Crippen molar-refractivity contribution in [1.29, 1.82) is 0 Å². The molecule has 0 bridgehead atoms. The van der Waals surface area contributed by atoms with Crippen molar-refractivity contribution in [2.45, 2.75) is 6.92 Å². The summed E-state index contributed by atoms with van der Waals surface area (Å²) in [6, 6.07) is 0. The van der Waals surface area contributed by atoms with Gasteiger partial charge in [-0.15, -0.1) is 0 Å². The predicted octanol–water partition coefficient (Wildman–Crippen LogP) is -0.273. The Morgan fingerprint density at radius 1 is 1.53 bits per heavy atom. The molecule has 2 aromatic rings. The van der Waals surface area contributed by atoms with E-state index in [1.54, 1.807) is 0 Å². The maximum atomic E-state index is 12.0. The summed E-state index contributed by atoms with van der Waals surface area (Å²) in [5.74, 6) is -0.937. The predicted molar refractivity (Wildman–Crippen MR) is 63.7 cm³/mol. The zero-order valence-corrected chi connectivity index (χ0v) is 10.3. The van der Waals surface area contributed by atoms with Gasteiger partial charge in [0.1, 0.15) is 17.7 Å². The molecule has 0 fully saturated rings. The summed E-state index contributed by atoms with van der Waals surface area (Å²) in [4.78, 5) is 40.8. The second-order valence-corrected chi connectivity index (χ2v) is 3.70. The van der Waals surface area contributed by atoms with Gasteiger partial charge < -0.3 is 19.5 Å². The Morgan fingerprint density at radius 2 is 2.26 bits per heavy atom. The van der Waals surface area contributed by atoms with Crippen molar-refractivity contribution in [3.8, 4) is 0 Å². The van der Waals surface area contributed by atoms with Gasteiger partial charge >= 0.3 is 5.97 Å². The van der Waals surface area contributed by atoms with Crippen LogP contribution in [0.4, 0.5) is 0 Å². The zero-order chi connectivity index (χ0) is 14.0. The minimum absolute atomic E-state index is 0.0577. The third-order valence-corrected chi connectivity index (χ3v) is 2.52. The van der Waals surface area contributed by atoms with Gasteiger partial charge in [-0.05, 0) is 6.92 Å². The van der Waals surface area contributed by atoms with E-state index in [1.165, 1.54) is 20.4 Å². The molecule has 2 aromatic heterocycles. The maximum absolute atomic E-state index is 12.0. The molecule has 0 spiro atoms. The number of hydrogen-bond donors (Lipinski definition) is 2. The SMILES string of the molecule is COC(=O)CNC(=O)c1c(C)oc2nc[nH]c(=O)c12. The largest absolute Gasteiger partial charge is 0.468 e. The van der Waals surface area contributed by atoms with Gasteiger partial charge in [0.2, 0.25) is 5.71 Å². The van der Waals surface area contributed by atoms with E-state index in [4.69, 9.17) is 4.42 Å². The van der Waals surface area contributed by atoms with E-state index < -0.39 is 17.4 Å². The van der Waals surface area contributed by atoms with Gasteiger partial charge in [0.25, 0.3) is 11.5 Å². The van der Waals surface area contributed by atoms with Crippen LogP contribution in [0.15, 0.2) is 15.5 Å². The molecule has 0 aliphatic heterocycles. The number of carbonyl (C=O) groups excluding carboxylic acids is 2. The van der Waals surface area contributed by atoms with Gasteiger partial charge in [-0.2, -0.15) is 0 Å². The van der Waals surface area contributed by atoms with Crippen LogP contribution in [-0.4, -0.2) is 35.5 Å². The normalized spacial score (nSPS) is 10.4. The van der Waals surface area contributed by atoms with E-state index in [-0.39, 0.29) is 29.0 Å². The number of nitrogens with zero attached hydrogens (tertiary/aromatic N) is 1. The van der Waals surface area contributed by atoms with Crippen LogP contribution in [0.3, 0.4) is 0 Å². The zero-order valence-electron chi connectivity index (χ0n) is 10.3. The number of aryl methyl sites for hydroxylation is 1. The monoisotopic (exact) mass is 265 g/mol. The van der Waals surface area contributed by atoms with Crippen LogP contribution in [0.5, 0.6) is 0 Å². The molecule has 8 nitrogen and oxygen atoms in total. The molecule has 0 saturated carbocycles. The molecule has 100 valence electrons. The third-order valence-electron chi connectivity index (χ3n) is 2.52. The summed E-state index contributed by atoms with van der Waals surface area (Å²) in [6.07, 6.45) is 1.18. The Kier molecular flexibility index (Phi) is 3.32. The Hall–Kier alpha value is -2.64. The first-order valence-corrected chi connectivity index (χ1v) is 5.36. The highest BCUT2D eigenvalue weighted by Crippen LogP contribution is 2.19. The molecule has 0 atom stereocenters. The second kappa shape index (κ2) is 4.92. The molecule has 0 unspecified atom stereocenters. The van der Waals surface area contributed by atoms with Crippen LogP contribution in [0.2, 0.25) is 0 Å². The molecule has 0 aromatic carbocycles. The summed E-state index contributed by atoms with van der Waals surface area (Å²) in [7, 11) is 1.21. The van der Waals surface area contributed by atoms with E-state index in [0.29, 0.717) is 0 Å². The molecule has 2 rings (SSSR count). The number of methoxy groups -OCH3 is 1. The summed E-state index contributed by atoms with van der Waals surface area (Å²) in [5.41, 5.74) is -0.345. The molecule has 1 amide bonds. The van der Waals surface area contributed by atoms with E-state index in [0.717, 1.165) is 0 Å². The highest BCUT2D eigenvalue weighted by molar-refractivity contribution is 6.06. The molecule has 0 aliphatic carbocycles. The minimum atomic E-state index is -0.597. The lowest BCUT2D eigenvalue weighted by Gasteiger charge is -2.02. The van der Waals surface area contributed by atoms with Gasteiger partial charge in [0.05, 0.1) is 19.0 Å². The Bertz CT molecular complexity index is 700. The van der Waals surface area contributed by atoms with Crippen LogP contribution in [0.1, 0.15) is 16.1 Å². The van der Waals surface area contributed by atoms with E-state index in [2.05, 4.69) is 20.0 Å².